The molecule has 0 spiro atoms. The average Bonchev–Trinajstić information content (AvgIpc) is 2.64. The van der Waals surface area contributed by atoms with E-state index in [1.807, 2.05) is 19.1 Å². The maximum absolute atomic E-state index is 12.4. The Morgan fingerprint density at radius 3 is 2.20 bits per heavy atom. The minimum Gasteiger partial charge on any atom is -0.366 e. The molecule has 0 amide bonds. The van der Waals surface area contributed by atoms with Crippen LogP contribution in [0.25, 0.3) is 0 Å². The molecule has 2 N–H and O–H groups in total. The molecule has 1 saturated carbocycles. The normalized spacial score (nSPS) is 15.7. The number of aryl methyl sites for hydroxylation is 1. The van der Waals surface area contributed by atoms with Crippen LogP contribution in [0.15, 0.2) is 41.3 Å². The second-order valence-electron chi connectivity index (χ2n) is 6.39. The minimum atomic E-state index is -3.65. The van der Waals surface area contributed by atoms with Crippen molar-refractivity contribution in [3.63, 3.8) is 0 Å². The molecule has 7 heteroatoms. The highest BCUT2D eigenvalue weighted by Gasteiger charge is 2.16. The molecular formula is C18H24N4O2S. The Hall–Kier alpha value is -2.15. The zero-order valence-electron chi connectivity index (χ0n) is 14.4. The zero-order chi connectivity index (χ0) is 17.7. The average molecular weight is 360 g/mol. The van der Waals surface area contributed by atoms with Crippen molar-refractivity contribution in [1.29, 1.82) is 0 Å². The summed E-state index contributed by atoms with van der Waals surface area (Å²) in [6.45, 7) is 2.03. The molecule has 0 bridgehead atoms. The van der Waals surface area contributed by atoms with Gasteiger partial charge in [-0.2, -0.15) is 0 Å². The van der Waals surface area contributed by atoms with Gasteiger partial charge in [0.1, 0.15) is 5.82 Å². The van der Waals surface area contributed by atoms with E-state index in [2.05, 4.69) is 20.2 Å². The molecule has 0 saturated heterocycles. The Kier molecular flexibility index (Phi) is 5.53. The summed E-state index contributed by atoms with van der Waals surface area (Å²) in [7, 11) is -3.65. The van der Waals surface area contributed by atoms with Gasteiger partial charge in [-0.1, -0.05) is 38.3 Å². The number of benzene rings is 1. The predicted molar refractivity (Wildman–Crippen MR) is 99.2 cm³/mol. The van der Waals surface area contributed by atoms with Crippen LogP contribution < -0.4 is 10.0 Å². The van der Waals surface area contributed by atoms with Crippen LogP contribution in [0.1, 0.15) is 44.6 Å². The van der Waals surface area contributed by atoms with Crippen molar-refractivity contribution in [3.05, 3.63) is 42.0 Å². The third kappa shape index (κ3) is 4.69. The Morgan fingerprint density at radius 1 is 0.960 bits per heavy atom. The lowest BCUT2D eigenvalue weighted by molar-refractivity contribution is 0.461. The molecule has 1 fully saturated rings. The molecule has 1 aromatic carbocycles. The molecule has 2 aromatic rings. The molecular weight excluding hydrogens is 336 g/mol. The van der Waals surface area contributed by atoms with Crippen molar-refractivity contribution in [2.75, 3.05) is 10.0 Å². The van der Waals surface area contributed by atoms with E-state index in [1.54, 1.807) is 24.3 Å². The highest BCUT2D eigenvalue weighted by Crippen LogP contribution is 2.21. The van der Waals surface area contributed by atoms with Crippen LogP contribution in [0, 0.1) is 0 Å². The molecule has 1 aliphatic carbocycles. The van der Waals surface area contributed by atoms with Gasteiger partial charge >= 0.3 is 0 Å². The first-order valence-corrected chi connectivity index (χ1v) is 10.3. The van der Waals surface area contributed by atoms with Crippen molar-refractivity contribution >= 4 is 21.7 Å². The molecule has 1 aromatic heterocycles. The second kappa shape index (κ2) is 7.82. The van der Waals surface area contributed by atoms with Crippen LogP contribution in [0.4, 0.5) is 11.6 Å². The lowest BCUT2D eigenvalue weighted by Crippen LogP contribution is -2.23. The monoisotopic (exact) mass is 360 g/mol. The fraction of sp³-hybridized carbons (Fsp3) is 0.444. The summed E-state index contributed by atoms with van der Waals surface area (Å²) in [5.41, 5.74) is 1.09. The van der Waals surface area contributed by atoms with Crippen molar-refractivity contribution in [3.8, 4) is 0 Å². The molecule has 1 aliphatic rings. The summed E-state index contributed by atoms with van der Waals surface area (Å²) in [6, 6.07) is 10.7. The highest BCUT2D eigenvalue weighted by molar-refractivity contribution is 7.92. The number of aromatic nitrogens is 2. The van der Waals surface area contributed by atoms with Gasteiger partial charge < -0.3 is 5.32 Å². The highest BCUT2D eigenvalue weighted by atomic mass is 32.2. The molecule has 0 unspecified atom stereocenters. The molecule has 6 nitrogen and oxygen atoms in total. The van der Waals surface area contributed by atoms with Gasteiger partial charge in [-0.05, 0) is 49.1 Å². The van der Waals surface area contributed by atoms with E-state index in [-0.39, 0.29) is 10.7 Å². The van der Waals surface area contributed by atoms with E-state index < -0.39 is 10.0 Å². The summed E-state index contributed by atoms with van der Waals surface area (Å²) in [5.74, 6) is 0.899. The Bertz CT molecular complexity index is 783. The van der Waals surface area contributed by atoms with Crippen LogP contribution in [0.5, 0.6) is 0 Å². The first-order chi connectivity index (χ1) is 12.1. The Balaban J connectivity index is 1.65. The van der Waals surface area contributed by atoms with Crippen LogP contribution in [0.3, 0.4) is 0 Å². The third-order valence-electron chi connectivity index (χ3n) is 4.50. The third-order valence-corrected chi connectivity index (χ3v) is 5.87. The second-order valence-corrected chi connectivity index (χ2v) is 8.07. The molecule has 0 radical (unpaired) electrons. The van der Waals surface area contributed by atoms with E-state index in [0.717, 1.165) is 24.8 Å². The first-order valence-electron chi connectivity index (χ1n) is 8.79. The summed E-state index contributed by atoms with van der Waals surface area (Å²) in [4.78, 5) is 0.218. The van der Waals surface area contributed by atoms with Gasteiger partial charge in [-0.15, -0.1) is 10.2 Å². The molecule has 0 aliphatic heterocycles. The van der Waals surface area contributed by atoms with Gasteiger partial charge in [0.25, 0.3) is 10.0 Å². The lowest BCUT2D eigenvalue weighted by Gasteiger charge is -2.22. The van der Waals surface area contributed by atoms with Crippen LogP contribution in [-0.4, -0.2) is 24.7 Å². The number of rotatable bonds is 6. The SMILES string of the molecule is CCc1ccc(S(=O)(=O)Nc2ccc(NC3CCCCC3)nn2)cc1. The summed E-state index contributed by atoms with van der Waals surface area (Å²) < 4.78 is 27.3. The standard InChI is InChI=1S/C18H24N4O2S/c1-2-14-8-10-16(11-9-14)25(23,24)22-18-13-12-17(20-21-18)19-15-6-4-3-5-7-15/h8-13,15H,2-7H2,1H3,(H,19,20)(H,21,22). The van der Waals surface area contributed by atoms with Gasteiger partial charge in [-0.25, -0.2) is 8.42 Å². The molecule has 25 heavy (non-hydrogen) atoms. The number of hydrogen-bond acceptors (Lipinski definition) is 5. The fourth-order valence-electron chi connectivity index (χ4n) is 3.02. The van der Waals surface area contributed by atoms with E-state index in [4.69, 9.17) is 0 Å². The van der Waals surface area contributed by atoms with Crippen LogP contribution in [-0.2, 0) is 16.4 Å². The quantitative estimate of drug-likeness (QED) is 0.822. The Labute approximate surface area is 149 Å². The number of hydrogen-bond donors (Lipinski definition) is 2. The molecule has 134 valence electrons. The predicted octanol–water partition coefficient (Wildman–Crippen LogP) is 3.58. The first kappa shape index (κ1) is 17.7. The number of sulfonamides is 1. The zero-order valence-corrected chi connectivity index (χ0v) is 15.2. The van der Waals surface area contributed by atoms with Crippen molar-refractivity contribution in [1.82, 2.24) is 10.2 Å². The van der Waals surface area contributed by atoms with E-state index >= 15 is 0 Å². The fourth-order valence-corrected chi connectivity index (χ4v) is 4.02. The smallest absolute Gasteiger partial charge is 0.263 e. The topological polar surface area (TPSA) is 84.0 Å². The number of anilines is 2. The van der Waals surface area contributed by atoms with Gasteiger partial charge in [0, 0.05) is 6.04 Å². The maximum Gasteiger partial charge on any atom is 0.263 e. The van der Waals surface area contributed by atoms with Crippen LogP contribution >= 0.6 is 0 Å². The van der Waals surface area contributed by atoms with Gasteiger partial charge in [-0.3, -0.25) is 4.72 Å². The molecule has 1 heterocycles. The number of nitrogens with zero attached hydrogens (tertiary/aromatic N) is 2. The summed E-state index contributed by atoms with van der Waals surface area (Å²) in [6.07, 6.45) is 6.92. The van der Waals surface area contributed by atoms with E-state index in [1.165, 1.54) is 19.3 Å². The van der Waals surface area contributed by atoms with Gasteiger partial charge in [0.05, 0.1) is 4.90 Å². The molecule has 0 atom stereocenters. The summed E-state index contributed by atoms with van der Waals surface area (Å²) in [5, 5.41) is 11.4. The maximum atomic E-state index is 12.4. The van der Waals surface area contributed by atoms with Crippen LogP contribution in [0.2, 0.25) is 0 Å². The van der Waals surface area contributed by atoms with Crippen molar-refractivity contribution in [2.45, 2.75) is 56.4 Å². The van der Waals surface area contributed by atoms with Gasteiger partial charge in [0.2, 0.25) is 0 Å². The lowest BCUT2D eigenvalue weighted by atomic mass is 9.95. The number of nitrogens with one attached hydrogen (secondary N) is 2. The molecule has 3 rings (SSSR count). The van der Waals surface area contributed by atoms with E-state index in [0.29, 0.717) is 11.9 Å². The Morgan fingerprint density at radius 2 is 1.60 bits per heavy atom. The van der Waals surface area contributed by atoms with Crippen molar-refractivity contribution in [2.24, 2.45) is 0 Å². The van der Waals surface area contributed by atoms with Crippen molar-refractivity contribution < 1.29 is 8.42 Å². The minimum absolute atomic E-state index is 0.216. The van der Waals surface area contributed by atoms with E-state index in [9.17, 15) is 8.42 Å². The van der Waals surface area contributed by atoms with Gasteiger partial charge in [0.15, 0.2) is 5.82 Å². The summed E-state index contributed by atoms with van der Waals surface area (Å²) >= 11 is 0. The largest absolute Gasteiger partial charge is 0.366 e.